The maximum absolute atomic E-state index is 5.53. The second-order valence-electron chi connectivity index (χ2n) is 3.85. The van der Waals surface area contributed by atoms with Crippen LogP contribution in [-0.4, -0.2) is 18.2 Å². The van der Waals surface area contributed by atoms with Crippen LogP contribution < -0.4 is 10.2 Å². The summed E-state index contributed by atoms with van der Waals surface area (Å²) in [6, 6.07) is 17.7. The summed E-state index contributed by atoms with van der Waals surface area (Å²) in [5.74, 6) is 0.850. The summed E-state index contributed by atoms with van der Waals surface area (Å²) in [5, 5.41) is 5.01. The number of nitrogens with zero attached hydrogens (tertiary/aromatic N) is 1. The van der Waals surface area contributed by atoms with Gasteiger partial charge in [0.05, 0.1) is 18.5 Å². The first-order chi connectivity index (χ1) is 9.38. The van der Waals surface area contributed by atoms with E-state index < -0.39 is 0 Å². The Morgan fingerprint density at radius 2 is 1.95 bits per heavy atom. The van der Waals surface area contributed by atoms with Crippen molar-refractivity contribution in [2.75, 3.05) is 17.4 Å². The number of ether oxygens (including phenoxy) is 1. The SMILES string of the molecule is BrCCOc1cccc(C=NNc2ccccc2)c1. The molecule has 0 unspecified atom stereocenters. The number of halogens is 1. The highest BCUT2D eigenvalue weighted by molar-refractivity contribution is 9.09. The topological polar surface area (TPSA) is 33.6 Å². The van der Waals surface area contributed by atoms with Crippen molar-refractivity contribution in [1.82, 2.24) is 0 Å². The predicted octanol–water partition coefficient (Wildman–Crippen LogP) is 3.91. The molecule has 0 heterocycles. The fraction of sp³-hybridized carbons (Fsp3) is 0.133. The van der Waals surface area contributed by atoms with Crippen molar-refractivity contribution in [3.05, 3.63) is 60.2 Å². The fourth-order valence-corrected chi connectivity index (χ4v) is 1.70. The van der Waals surface area contributed by atoms with Crippen molar-refractivity contribution in [3.8, 4) is 5.75 Å². The number of benzene rings is 2. The van der Waals surface area contributed by atoms with Crippen molar-refractivity contribution < 1.29 is 4.74 Å². The molecule has 2 aromatic carbocycles. The number of hydrogen-bond donors (Lipinski definition) is 1. The maximum atomic E-state index is 5.53. The van der Waals surface area contributed by atoms with Crippen LogP contribution >= 0.6 is 15.9 Å². The molecule has 98 valence electrons. The third kappa shape index (κ3) is 4.75. The third-order valence-electron chi connectivity index (χ3n) is 2.39. The quantitative estimate of drug-likeness (QED) is 0.498. The fourth-order valence-electron chi connectivity index (χ4n) is 1.54. The smallest absolute Gasteiger partial charge is 0.119 e. The summed E-state index contributed by atoms with van der Waals surface area (Å²) in [4.78, 5) is 0. The lowest BCUT2D eigenvalue weighted by Crippen LogP contribution is -1.98. The first kappa shape index (κ1) is 13.6. The Labute approximate surface area is 121 Å². The summed E-state index contributed by atoms with van der Waals surface area (Å²) in [7, 11) is 0. The molecule has 0 bridgehead atoms. The maximum Gasteiger partial charge on any atom is 0.119 e. The van der Waals surface area contributed by atoms with E-state index in [2.05, 4.69) is 26.5 Å². The standard InChI is InChI=1S/C15H15BrN2O/c16-9-10-19-15-8-4-5-13(11-15)12-17-18-14-6-2-1-3-7-14/h1-8,11-12,18H,9-10H2. The van der Waals surface area contributed by atoms with Crippen LogP contribution in [0.1, 0.15) is 5.56 Å². The Bertz CT molecular complexity index is 529. The van der Waals surface area contributed by atoms with E-state index in [4.69, 9.17) is 4.74 Å². The summed E-state index contributed by atoms with van der Waals surface area (Å²) in [6.45, 7) is 0.656. The van der Waals surface area contributed by atoms with Crippen LogP contribution in [0.2, 0.25) is 0 Å². The molecule has 1 N–H and O–H groups in total. The minimum atomic E-state index is 0.656. The number of hydrazone groups is 1. The number of anilines is 1. The molecule has 0 aliphatic rings. The first-order valence-corrected chi connectivity index (χ1v) is 7.13. The second kappa shape index (κ2) is 7.59. The predicted molar refractivity (Wildman–Crippen MR) is 83.4 cm³/mol. The van der Waals surface area contributed by atoms with Crippen LogP contribution in [0.5, 0.6) is 5.75 Å². The summed E-state index contributed by atoms with van der Waals surface area (Å²) in [6.07, 6.45) is 1.77. The lowest BCUT2D eigenvalue weighted by atomic mass is 10.2. The van der Waals surface area contributed by atoms with Gasteiger partial charge < -0.3 is 4.74 Å². The molecule has 0 radical (unpaired) electrons. The highest BCUT2D eigenvalue weighted by atomic mass is 79.9. The highest BCUT2D eigenvalue weighted by Crippen LogP contribution is 2.12. The Balaban J connectivity index is 1.95. The highest BCUT2D eigenvalue weighted by Gasteiger charge is 1.94. The molecule has 2 rings (SSSR count). The van der Waals surface area contributed by atoms with Crippen LogP contribution in [0.4, 0.5) is 5.69 Å². The summed E-state index contributed by atoms with van der Waals surface area (Å²) >= 11 is 3.33. The zero-order valence-electron chi connectivity index (χ0n) is 10.4. The number of para-hydroxylation sites is 1. The largest absolute Gasteiger partial charge is 0.493 e. The van der Waals surface area contributed by atoms with Crippen LogP contribution in [-0.2, 0) is 0 Å². The molecule has 0 aliphatic heterocycles. The molecule has 0 fully saturated rings. The van der Waals surface area contributed by atoms with E-state index in [9.17, 15) is 0 Å². The van der Waals surface area contributed by atoms with Gasteiger partial charge in [0.25, 0.3) is 0 Å². The van der Waals surface area contributed by atoms with E-state index >= 15 is 0 Å². The Hall–Kier alpha value is -1.81. The van der Waals surface area contributed by atoms with E-state index in [1.807, 2.05) is 54.6 Å². The van der Waals surface area contributed by atoms with Gasteiger partial charge in [0, 0.05) is 5.33 Å². The molecule has 0 saturated heterocycles. The van der Waals surface area contributed by atoms with E-state index in [1.165, 1.54) is 0 Å². The van der Waals surface area contributed by atoms with Crippen molar-refractivity contribution in [1.29, 1.82) is 0 Å². The van der Waals surface area contributed by atoms with Gasteiger partial charge in [0.2, 0.25) is 0 Å². The normalized spacial score (nSPS) is 10.6. The molecule has 0 spiro atoms. The first-order valence-electron chi connectivity index (χ1n) is 6.01. The summed E-state index contributed by atoms with van der Waals surface area (Å²) < 4.78 is 5.53. The zero-order valence-corrected chi connectivity index (χ0v) is 12.0. The number of alkyl halides is 1. The van der Waals surface area contributed by atoms with Crippen molar-refractivity contribution in [3.63, 3.8) is 0 Å². The van der Waals surface area contributed by atoms with Crippen molar-refractivity contribution >= 4 is 27.8 Å². The van der Waals surface area contributed by atoms with Gasteiger partial charge in [-0.25, -0.2) is 0 Å². The molecule has 19 heavy (non-hydrogen) atoms. The molecule has 0 saturated carbocycles. The molecule has 4 heteroatoms. The van der Waals surface area contributed by atoms with Crippen LogP contribution in [0.25, 0.3) is 0 Å². The van der Waals surface area contributed by atoms with Crippen LogP contribution in [0.3, 0.4) is 0 Å². The van der Waals surface area contributed by atoms with Gasteiger partial charge in [0.1, 0.15) is 5.75 Å². The minimum absolute atomic E-state index is 0.656. The van der Waals surface area contributed by atoms with Crippen molar-refractivity contribution in [2.24, 2.45) is 5.10 Å². The molecule has 0 aliphatic carbocycles. The molecule has 0 atom stereocenters. The molecule has 2 aromatic rings. The van der Waals surface area contributed by atoms with Gasteiger partial charge in [-0.05, 0) is 29.8 Å². The third-order valence-corrected chi connectivity index (χ3v) is 2.71. The molecule has 0 amide bonds. The van der Waals surface area contributed by atoms with Gasteiger partial charge in [-0.1, -0.05) is 46.3 Å². The van der Waals surface area contributed by atoms with Crippen LogP contribution in [0, 0.1) is 0 Å². The molecular formula is C15H15BrN2O. The lowest BCUT2D eigenvalue weighted by Gasteiger charge is -2.04. The average Bonchev–Trinajstić information content (AvgIpc) is 2.47. The zero-order chi connectivity index (χ0) is 13.3. The van der Waals surface area contributed by atoms with Gasteiger partial charge >= 0.3 is 0 Å². The van der Waals surface area contributed by atoms with E-state index in [1.54, 1.807) is 6.21 Å². The van der Waals surface area contributed by atoms with Gasteiger partial charge in [-0.2, -0.15) is 5.10 Å². The average molecular weight is 319 g/mol. The van der Waals surface area contributed by atoms with Gasteiger partial charge in [-0.3, -0.25) is 5.43 Å². The Morgan fingerprint density at radius 1 is 1.11 bits per heavy atom. The second-order valence-corrected chi connectivity index (χ2v) is 4.64. The van der Waals surface area contributed by atoms with Crippen molar-refractivity contribution in [2.45, 2.75) is 0 Å². The van der Waals surface area contributed by atoms with Gasteiger partial charge in [-0.15, -0.1) is 0 Å². The van der Waals surface area contributed by atoms with E-state index in [0.717, 1.165) is 22.3 Å². The van der Waals surface area contributed by atoms with E-state index in [-0.39, 0.29) is 0 Å². The monoisotopic (exact) mass is 318 g/mol. The Kier molecular flexibility index (Phi) is 5.44. The number of rotatable bonds is 6. The molecule has 0 aromatic heterocycles. The minimum Gasteiger partial charge on any atom is -0.493 e. The van der Waals surface area contributed by atoms with E-state index in [0.29, 0.717) is 6.61 Å². The number of hydrogen-bond acceptors (Lipinski definition) is 3. The Morgan fingerprint density at radius 3 is 2.74 bits per heavy atom. The van der Waals surface area contributed by atoms with Gasteiger partial charge in [0.15, 0.2) is 0 Å². The summed E-state index contributed by atoms with van der Waals surface area (Å²) in [5.41, 5.74) is 4.94. The van der Waals surface area contributed by atoms with Crippen LogP contribution in [0.15, 0.2) is 59.7 Å². The molecular weight excluding hydrogens is 304 g/mol. The number of nitrogens with one attached hydrogen (secondary N) is 1. The molecule has 3 nitrogen and oxygen atoms in total. The lowest BCUT2D eigenvalue weighted by molar-refractivity contribution is 0.345.